The summed E-state index contributed by atoms with van der Waals surface area (Å²) in [5.41, 5.74) is 2.44. The maximum atomic E-state index is 13.4. The predicted molar refractivity (Wildman–Crippen MR) is 125 cm³/mol. The first kappa shape index (κ1) is 20.2. The Morgan fingerprint density at radius 3 is 2.69 bits per heavy atom. The Morgan fingerprint density at radius 1 is 0.969 bits per heavy atom. The number of likely N-dealkylation sites (tertiary alicyclic amines) is 1. The Kier molecular flexibility index (Phi) is 5.55. The topological polar surface area (TPSA) is 55.2 Å². The molecule has 1 aromatic heterocycles. The van der Waals surface area contributed by atoms with E-state index in [0.717, 1.165) is 34.7 Å². The average molecular weight is 424 g/mol. The third-order valence-corrected chi connectivity index (χ3v) is 6.21. The van der Waals surface area contributed by atoms with Gasteiger partial charge in [0.25, 0.3) is 5.91 Å². The van der Waals surface area contributed by atoms with Crippen molar-refractivity contribution in [1.29, 1.82) is 0 Å². The van der Waals surface area contributed by atoms with Gasteiger partial charge in [-0.05, 0) is 47.4 Å². The number of piperidine rings is 1. The normalized spacial score (nSPS) is 16.2. The molecule has 1 saturated heterocycles. The standard InChI is InChI=1S/C27H25N3O2/c31-26(25-13-4-9-21-8-1-2-12-24(21)25)23-11-5-15-29(19-23)27(32)22-10-3-7-20(17-22)18-30-16-6-14-28-30/h1-4,6-10,12-14,16-17,23H,5,11,15,18-19H2. The second-order valence-electron chi connectivity index (χ2n) is 8.39. The lowest BCUT2D eigenvalue weighted by Gasteiger charge is -2.32. The smallest absolute Gasteiger partial charge is 0.253 e. The van der Waals surface area contributed by atoms with Crippen LogP contribution in [0.4, 0.5) is 0 Å². The number of aromatic nitrogens is 2. The van der Waals surface area contributed by atoms with E-state index < -0.39 is 0 Å². The Labute approximate surface area is 187 Å². The Morgan fingerprint density at radius 2 is 1.81 bits per heavy atom. The molecule has 1 aliphatic heterocycles. The molecule has 3 aromatic carbocycles. The number of ketones is 1. The van der Waals surface area contributed by atoms with Crippen LogP contribution >= 0.6 is 0 Å². The molecule has 0 radical (unpaired) electrons. The van der Waals surface area contributed by atoms with Gasteiger partial charge in [0.15, 0.2) is 5.78 Å². The van der Waals surface area contributed by atoms with E-state index in [1.807, 2.05) is 88.6 Å². The highest BCUT2D eigenvalue weighted by molar-refractivity contribution is 6.09. The second-order valence-corrected chi connectivity index (χ2v) is 8.39. The summed E-state index contributed by atoms with van der Waals surface area (Å²) in [6.07, 6.45) is 5.30. The minimum Gasteiger partial charge on any atom is -0.338 e. The van der Waals surface area contributed by atoms with E-state index in [0.29, 0.717) is 25.2 Å². The van der Waals surface area contributed by atoms with Gasteiger partial charge in [-0.1, -0.05) is 54.6 Å². The summed E-state index contributed by atoms with van der Waals surface area (Å²) in [6.45, 7) is 1.77. The third-order valence-electron chi connectivity index (χ3n) is 6.21. The fourth-order valence-corrected chi connectivity index (χ4v) is 4.60. The van der Waals surface area contributed by atoms with Gasteiger partial charge in [0, 0.05) is 42.5 Å². The van der Waals surface area contributed by atoms with Gasteiger partial charge < -0.3 is 4.90 Å². The van der Waals surface area contributed by atoms with E-state index in [1.165, 1.54) is 0 Å². The van der Waals surface area contributed by atoms with Crippen molar-refractivity contribution in [3.8, 4) is 0 Å². The lowest BCUT2D eigenvalue weighted by molar-refractivity contribution is 0.0637. The number of hydrogen-bond donors (Lipinski definition) is 0. The van der Waals surface area contributed by atoms with Gasteiger partial charge in [-0.2, -0.15) is 5.10 Å². The van der Waals surface area contributed by atoms with Crippen molar-refractivity contribution in [2.24, 2.45) is 5.92 Å². The Balaban J connectivity index is 1.33. The van der Waals surface area contributed by atoms with Crippen LogP contribution in [0.2, 0.25) is 0 Å². The summed E-state index contributed by atoms with van der Waals surface area (Å²) in [5, 5.41) is 6.29. The van der Waals surface area contributed by atoms with E-state index in [4.69, 9.17) is 0 Å². The van der Waals surface area contributed by atoms with Crippen molar-refractivity contribution in [2.45, 2.75) is 19.4 Å². The molecule has 1 amide bonds. The molecular formula is C27H25N3O2. The van der Waals surface area contributed by atoms with Crippen molar-refractivity contribution >= 4 is 22.5 Å². The van der Waals surface area contributed by atoms with Crippen LogP contribution in [0.5, 0.6) is 0 Å². The van der Waals surface area contributed by atoms with Gasteiger partial charge in [0.1, 0.15) is 0 Å². The minimum absolute atomic E-state index is 0.0114. The van der Waals surface area contributed by atoms with Crippen molar-refractivity contribution in [3.63, 3.8) is 0 Å². The summed E-state index contributed by atoms with van der Waals surface area (Å²) < 4.78 is 1.84. The fourth-order valence-electron chi connectivity index (χ4n) is 4.60. The number of hydrogen-bond acceptors (Lipinski definition) is 3. The first-order valence-electron chi connectivity index (χ1n) is 11.1. The van der Waals surface area contributed by atoms with E-state index in [1.54, 1.807) is 6.20 Å². The van der Waals surface area contributed by atoms with Gasteiger partial charge in [0.05, 0.1) is 6.54 Å². The predicted octanol–water partition coefficient (Wildman–Crippen LogP) is 4.82. The highest BCUT2D eigenvalue weighted by atomic mass is 16.2. The summed E-state index contributed by atoms with van der Waals surface area (Å²) in [6, 6.07) is 23.4. The van der Waals surface area contributed by atoms with Crippen molar-refractivity contribution in [1.82, 2.24) is 14.7 Å². The van der Waals surface area contributed by atoms with E-state index in [9.17, 15) is 9.59 Å². The molecule has 5 nitrogen and oxygen atoms in total. The molecule has 160 valence electrons. The Hall–Kier alpha value is -3.73. The number of carbonyl (C=O) groups excluding carboxylic acids is 2. The minimum atomic E-state index is -0.175. The molecule has 1 unspecified atom stereocenters. The molecule has 0 bridgehead atoms. The largest absolute Gasteiger partial charge is 0.338 e. The molecule has 0 saturated carbocycles. The SMILES string of the molecule is O=C(c1cccc2ccccc12)C1CCCN(C(=O)c2cccc(Cn3cccn3)c2)C1. The molecule has 2 heterocycles. The molecule has 5 rings (SSSR count). The first-order chi connectivity index (χ1) is 15.7. The Bertz CT molecular complexity index is 1260. The first-order valence-corrected chi connectivity index (χ1v) is 11.1. The van der Waals surface area contributed by atoms with Crippen LogP contribution in [-0.4, -0.2) is 39.5 Å². The zero-order chi connectivity index (χ0) is 21.9. The van der Waals surface area contributed by atoms with E-state index >= 15 is 0 Å². The fraction of sp³-hybridized carbons (Fsp3) is 0.222. The maximum Gasteiger partial charge on any atom is 0.253 e. The number of nitrogens with zero attached hydrogens (tertiary/aromatic N) is 3. The van der Waals surface area contributed by atoms with Gasteiger partial charge >= 0.3 is 0 Å². The molecule has 1 atom stereocenters. The summed E-state index contributed by atoms with van der Waals surface area (Å²) in [4.78, 5) is 28.5. The second kappa shape index (κ2) is 8.79. The molecule has 4 aromatic rings. The van der Waals surface area contributed by atoms with E-state index in [-0.39, 0.29) is 17.6 Å². The zero-order valence-corrected chi connectivity index (χ0v) is 17.9. The van der Waals surface area contributed by atoms with Crippen LogP contribution in [0.25, 0.3) is 10.8 Å². The molecular weight excluding hydrogens is 398 g/mol. The van der Waals surface area contributed by atoms with Crippen molar-refractivity contribution in [2.75, 3.05) is 13.1 Å². The summed E-state index contributed by atoms with van der Waals surface area (Å²) >= 11 is 0. The summed E-state index contributed by atoms with van der Waals surface area (Å²) in [5.74, 6) is -0.0553. The molecule has 1 fully saturated rings. The number of carbonyl (C=O) groups is 2. The third kappa shape index (κ3) is 4.06. The molecule has 0 spiro atoms. The van der Waals surface area contributed by atoms with E-state index in [2.05, 4.69) is 5.10 Å². The number of rotatable bonds is 5. The molecule has 5 heteroatoms. The molecule has 32 heavy (non-hydrogen) atoms. The quantitative estimate of drug-likeness (QED) is 0.433. The van der Waals surface area contributed by atoms with Crippen LogP contribution in [0.15, 0.2) is 85.2 Å². The average Bonchev–Trinajstić information content (AvgIpc) is 3.36. The van der Waals surface area contributed by atoms with Gasteiger partial charge in [0.2, 0.25) is 0 Å². The number of fused-ring (bicyclic) bond motifs is 1. The van der Waals surface area contributed by atoms with Crippen molar-refractivity contribution in [3.05, 3.63) is 102 Å². The zero-order valence-electron chi connectivity index (χ0n) is 17.9. The van der Waals surface area contributed by atoms with Gasteiger partial charge in [-0.15, -0.1) is 0 Å². The van der Waals surface area contributed by atoms with Crippen LogP contribution in [0.3, 0.4) is 0 Å². The van der Waals surface area contributed by atoms with Gasteiger partial charge in [-0.3, -0.25) is 14.3 Å². The van der Waals surface area contributed by atoms with Crippen LogP contribution in [0.1, 0.15) is 39.1 Å². The van der Waals surface area contributed by atoms with Crippen LogP contribution in [0, 0.1) is 5.92 Å². The highest BCUT2D eigenvalue weighted by Gasteiger charge is 2.30. The van der Waals surface area contributed by atoms with Gasteiger partial charge in [-0.25, -0.2) is 0 Å². The van der Waals surface area contributed by atoms with Crippen LogP contribution in [-0.2, 0) is 6.54 Å². The van der Waals surface area contributed by atoms with Crippen LogP contribution < -0.4 is 0 Å². The highest BCUT2D eigenvalue weighted by Crippen LogP contribution is 2.26. The monoisotopic (exact) mass is 423 g/mol. The molecule has 1 aliphatic rings. The molecule has 0 N–H and O–H groups in total. The molecule has 0 aliphatic carbocycles. The maximum absolute atomic E-state index is 13.4. The number of benzene rings is 3. The lowest BCUT2D eigenvalue weighted by atomic mass is 9.87. The summed E-state index contributed by atoms with van der Waals surface area (Å²) in [7, 11) is 0. The number of Topliss-reactive ketones (excluding diaryl/α,β-unsaturated/α-hetero) is 1. The van der Waals surface area contributed by atoms with Crippen molar-refractivity contribution < 1.29 is 9.59 Å². The number of amides is 1. The lowest BCUT2D eigenvalue weighted by Crippen LogP contribution is -2.42.